The zero-order chi connectivity index (χ0) is 8.27. The maximum absolute atomic E-state index is 3.94. The van der Waals surface area contributed by atoms with Crippen molar-refractivity contribution in [2.45, 2.75) is 6.92 Å². The second-order valence-electron chi connectivity index (χ2n) is 2.97. The van der Waals surface area contributed by atoms with Crippen molar-refractivity contribution >= 4 is 0 Å². The van der Waals surface area contributed by atoms with Gasteiger partial charge in [-0.25, -0.2) is 0 Å². The van der Waals surface area contributed by atoms with Gasteiger partial charge in [0.25, 0.3) is 0 Å². The Kier molecular flexibility index (Phi) is 2.66. The highest BCUT2D eigenvalue weighted by Crippen LogP contribution is 2.19. The second-order valence-corrected chi connectivity index (χ2v) is 2.97. The molecule has 0 radical (unpaired) electrons. The molecule has 0 aromatic carbocycles. The smallest absolute Gasteiger partial charge is 0.0199 e. The van der Waals surface area contributed by atoms with Gasteiger partial charge >= 0.3 is 0 Å². The SMILES string of the molecule is C=C1C=CC(CNC)=CC1C. The van der Waals surface area contributed by atoms with Crippen LogP contribution < -0.4 is 5.32 Å². The standard InChI is InChI=1S/C10H15N/c1-8-4-5-10(7-11-3)6-9(8)2/h4-6,9,11H,1,7H2,2-3H3. The number of likely N-dealkylation sites (N-methyl/N-ethyl adjacent to an activating group) is 1. The van der Waals surface area contributed by atoms with Crippen LogP contribution in [-0.2, 0) is 0 Å². The highest BCUT2D eigenvalue weighted by atomic mass is 14.8. The number of nitrogens with one attached hydrogen (secondary N) is 1. The molecule has 0 fully saturated rings. The normalized spacial score (nSPS) is 23.6. The Bertz CT molecular complexity index is 211. The van der Waals surface area contributed by atoms with E-state index in [1.165, 1.54) is 11.1 Å². The second kappa shape index (κ2) is 3.54. The van der Waals surface area contributed by atoms with Crippen LogP contribution in [0.2, 0.25) is 0 Å². The summed E-state index contributed by atoms with van der Waals surface area (Å²) in [7, 11) is 1.96. The summed E-state index contributed by atoms with van der Waals surface area (Å²) >= 11 is 0. The number of hydrogen-bond acceptors (Lipinski definition) is 1. The molecule has 0 aromatic heterocycles. The summed E-state index contributed by atoms with van der Waals surface area (Å²) in [5.74, 6) is 0.503. The molecular weight excluding hydrogens is 134 g/mol. The van der Waals surface area contributed by atoms with Crippen LogP contribution in [0.5, 0.6) is 0 Å². The van der Waals surface area contributed by atoms with Gasteiger partial charge in [-0.1, -0.05) is 31.7 Å². The minimum Gasteiger partial charge on any atom is -0.316 e. The van der Waals surface area contributed by atoms with E-state index in [1.54, 1.807) is 0 Å². The molecule has 0 heterocycles. The predicted molar refractivity (Wildman–Crippen MR) is 49.5 cm³/mol. The topological polar surface area (TPSA) is 12.0 Å². The molecule has 1 unspecified atom stereocenters. The van der Waals surface area contributed by atoms with Gasteiger partial charge < -0.3 is 5.32 Å². The Labute approximate surface area is 68.5 Å². The van der Waals surface area contributed by atoms with Crippen LogP contribution in [0.25, 0.3) is 0 Å². The van der Waals surface area contributed by atoms with E-state index in [-0.39, 0.29) is 0 Å². The van der Waals surface area contributed by atoms with E-state index in [0.717, 1.165) is 6.54 Å². The van der Waals surface area contributed by atoms with Crippen molar-refractivity contribution in [3.63, 3.8) is 0 Å². The summed E-state index contributed by atoms with van der Waals surface area (Å²) in [5, 5.41) is 3.12. The molecule has 0 bridgehead atoms. The first-order valence-electron chi connectivity index (χ1n) is 3.96. The minimum atomic E-state index is 0.503. The largest absolute Gasteiger partial charge is 0.316 e. The lowest BCUT2D eigenvalue weighted by Gasteiger charge is -2.14. The van der Waals surface area contributed by atoms with E-state index in [0.29, 0.717) is 5.92 Å². The van der Waals surface area contributed by atoms with Crippen LogP contribution in [0.4, 0.5) is 0 Å². The van der Waals surface area contributed by atoms with Gasteiger partial charge in [-0.05, 0) is 24.1 Å². The van der Waals surface area contributed by atoms with Crippen LogP contribution in [-0.4, -0.2) is 13.6 Å². The highest BCUT2D eigenvalue weighted by molar-refractivity contribution is 5.36. The lowest BCUT2D eigenvalue weighted by Crippen LogP contribution is -2.12. The van der Waals surface area contributed by atoms with Crippen LogP contribution in [0.1, 0.15) is 6.92 Å². The minimum absolute atomic E-state index is 0.503. The van der Waals surface area contributed by atoms with Gasteiger partial charge in [0.1, 0.15) is 0 Å². The average Bonchev–Trinajstić information content (AvgIpc) is 1.98. The third-order valence-electron chi connectivity index (χ3n) is 1.94. The van der Waals surface area contributed by atoms with Crippen molar-refractivity contribution in [1.29, 1.82) is 0 Å². The Hall–Kier alpha value is -0.820. The summed E-state index contributed by atoms with van der Waals surface area (Å²) in [5.41, 5.74) is 2.55. The van der Waals surface area contributed by atoms with Crippen LogP contribution in [0.15, 0.2) is 36.0 Å². The van der Waals surface area contributed by atoms with E-state index < -0.39 is 0 Å². The summed E-state index contributed by atoms with van der Waals surface area (Å²) < 4.78 is 0. The van der Waals surface area contributed by atoms with Crippen molar-refractivity contribution in [2.75, 3.05) is 13.6 Å². The molecule has 1 aliphatic carbocycles. The molecule has 1 N–H and O–H groups in total. The lowest BCUT2D eigenvalue weighted by molar-refractivity contribution is 0.834. The lowest BCUT2D eigenvalue weighted by atomic mass is 9.94. The summed E-state index contributed by atoms with van der Waals surface area (Å²) in [6.07, 6.45) is 6.47. The van der Waals surface area contributed by atoms with Gasteiger partial charge in [-0.2, -0.15) is 0 Å². The van der Waals surface area contributed by atoms with Crippen LogP contribution in [0.3, 0.4) is 0 Å². The Morgan fingerprint density at radius 1 is 1.55 bits per heavy atom. The predicted octanol–water partition coefficient (Wildman–Crippen LogP) is 1.89. The van der Waals surface area contributed by atoms with Crippen molar-refractivity contribution in [1.82, 2.24) is 5.32 Å². The molecule has 60 valence electrons. The molecular formula is C10H15N. The number of allylic oxidation sites excluding steroid dienone is 3. The fourth-order valence-corrected chi connectivity index (χ4v) is 1.17. The van der Waals surface area contributed by atoms with E-state index in [1.807, 2.05) is 7.05 Å². The monoisotopic (exact) mass is 149 g/mol. The van der Waals surface area contributed by atoms with Gasteiger partial charge in [-0.3, -0.25) is 0 Å². The molecule has 1 aliphatic rings. The zero-order valence-corrected chi connectivity index (χ0v) is 7.22. The summed E-state index contributed by atoms with van der Waals surface area (Å²) in [6.45, 7) is 7.06. The molecule has 0 aliphatic heterocycles. The van der Waals surface area contributed by atoms with Gasteiger partial charge in [-0.15, -0.1) is 0 Å². The molecule has 1 atom stereocenters. The van der Waals surface area contributed by atoms with Crippen molar-refractivity contribution in [2.24, 2.45) is 5.92 Å². The van der Waals surface area contributed by atoms with Crippen LogP contribution in [0, 0.1) is 5.92 Å². The quantitative estimate of drug-likeness (QED) is 0.632. The molecule has 0 spiro atoms. The summed E-state index contributed by atoms with van der Waals surface area (Å²) in [4.78, 5) is 0. The van der Waals surface area contributed by atoms with E-state index in [9.17, 15) is 0 Å². The van der Waals surface area contributed by atoms with Gasteiger partial charge in [0.15, 0.2) is 0 Å². The molecule has 0 aromatic rings. The molecule has 0 saturated heterocycles. The Balaban J connectivity index is 2.64. The first-order valence-corrected chi connectivity index (χ1v) is 3.96. The number of hydrogen-bond donors (Lipinski definition) is 1. The van der Waals surface area contributed by atoms with Crippen molar-refractivity contribution in [3.8, 4) is 0 Å². The first-order chi connectivity index (χ1) is 5.24. The molecule has 11 heavy (non-hydrogen) atoms. The molecule has 1 rings (SSSR count). The Morgan fingerprint density at radius 2 is 2.27 bits per heavy atom. The first kappa shape index (κ1) is 8.28. The molecule has 1 heteroatoms. The van der Waals surface area contributed by atoms with Crippen molar-refractivity contribution < 1.29 is 0 Å². The number of rotatable bonds is 2. The van der Waals surface area contributed by atoms with Gasteiger partial charge in [0, 0.05) is 6.54 Å². The highest BCUT2D eigenvalue weighted by Gasteiger charge is 2.05. The van der Waals surface area contributed by atoms with E-state index in [4.69, 9.17) is 0 Å². The molecule has 1 nitrogen and oxygen atoms in total. The van der Waals surface area contributed by atoms with Gasteiger partial charge in [0.2, 0.25) is 0 Å². The summed E-state index contributed by atoms with van der Waals surface area (Å²) in [6, 6.07) is 0. The van der Waals surface area contributed by atoms with Crippen molar-refractivity contribution in [3.05, 3.63) is 36.0 Å². The van der Waals surface area contributed by atoms with E-state index >= 15 is 0 Å². The van der Waals surface area contributed by atoms with Crippen LogP contribution >= 0.6 is 0 Å². The maximum Gasteiger partial charge on any atom is 0.0199 e. The van der Waals surface area contributed by atoms with Gasteiger partial charge in [0.05, 0.1) is 0 Å². The van der Waals surface area contributed by atoms with E-state index in [2.05, 4.69) is 37.0 Å². The third kappa shape index (κ3) is 2.05. The fourth-order valence-electron chi connectivity index (χ4n) is 1.17. The zero-order valence-electron chi connectivity index (χ0n) is 7.22. The molecule has 0 saturated carbocycles. The fraction of sp³-hybridized carbons (Fsp3) is 0.400. The average molecular weight is 149 g/mol. The Morgan fingerprint density at radius 3 is 2.82 bits per heavy atom. The molecule has 0 amide bonds. The third-order valence-corrected chi connectivity index (χ3v) is 1.94. The maximum atomic E-state index is 3.94.